The molecule has 0 fully saturated rings. The molecule has 1 aromatic rings. The summed E-state index contributed by atoms with van der Waals surface area (Å²) < 4.78 is 62.7. The zero-order valence-corrected chi connectivity index (χ0v) is 23.4. The molecule has 1 rings (SSSR count). The molecule has 0 aliphatic heterocycles. The summed E-state index contributed by atoms with van der Waals surface area (Å²) in [7, 11) is 0. The number of hydrogen-bond donors (Lipinski definition) is 0. The lowest BCUT2D eigenvalue weighted by Gasteiger charge is -2.21. The number of halogens is 4. The molecule has 0 amide bonds. The second kappa shape index (κ2) is 18.2. The summed E-state index contributed by atoms with van der Waals surface area (Å²) in [6.07, 6.45) is 14.6. The lowest BCUT2D eigenvalue weighted by molar-refractivity contribution is -0.165. The molecule has 38 heavy (non-hydrogen) atoms. The van der Waals surface area contributed by atoms with Crippen LogP contribution in [0.15, 0.2) is 18.2 Å². The van der Waals surface area contributed by atoms with Gasteiger partial charge in [0, 0.05) is 0 Å². The molecule has 0 aromatic heterocycles. The van der Waals surface area contributed by atoms with Gasteiger partial charge in [0.15, 0.2) is 17.0 Å². The van der Waals surface area contributed by atoms with Crippen molar-refractivity contribution in [3.05, 3.63) is 29.6 Å². The van der Waals surface area contributed by atoms with Crippen LogP contribution >= 0.6 is 0 Å². The first-order valence-corrected chi connectivity index (χ1v) is 14.3. The average Bonchev–Trinajstić information content (AvgIpc) is 2.86. The average molecular weight is 547 g/mol. The van der Waals surface area contributed by atoms with Gasteiger partial charge in [-0.25, -0.2) is 4.39 Å². The highest BCUT2D eigenvalue weighted by molar-refractivity contribution is 5.99. The molecule has 4 nitrogen and oxygen atoms in total. The topological polar surface area (TPSA) is 52.6 Å². The molecule has 0 atom stereocenters. The fourth-order valence-corrected chi connectivity index (χ4v) is 4.11. The molecule has 0 spiro atoms. The smallest absolute Gasteiger partial charge is 0.419 e. The fourth-order valence-electron chi connectivity index (χ4n) is 4.11. The highest BCUT2D eigenvalue weighted by atomic mass is 19.4. The van der Waals surface area contributed by atoms with E-state index in [2.05, 4.69) is 6.92 Å². The van der Waals surface area contributed by atoms with E-state index in [0.717, 1.165) is 31.4 Å². The van der Waals surface area contributed by atoms with E-state index in [1.807, 2.05) is 0 Å². The first-order valence-electron chi connectivity index (χ1n) is 14.3. The molecule has 0 aliphatic carbocycles. The maximum atomic E-state index is 14.1. The molecule has 0 radical (unpaired) electrons. The third-order valence-corrected chi connectivity index (χ3v) is 6.72. The van der Waals surface area contributed by atoms with Crippen LogP contribution in [0.3, 0.4) is 0 Å². The van der Waals surface area contributed by atoms with Gasteiger partial charge in [0.25, 0.3) is 0 Å². The van der Waals surface area contributed by atoms with Crippen LogP contribution in [0.5, 0.6) is 5.75 Å². The van der Waals surface area contributed by atoms with Crippen LogP contribution in [0.4, 0.5) is 17.6 Å². The Balaban J connectivity index is 2.15. The van der Waals surface area contributed by atoms with E-state index in [9.17, 15) is 27.2 Å². The molecule has 1 aromatic carbocycles. The molecule has 0 bridgehead atoms. The van der Waals surface area contributed by atoms with Gasteiger partial charge in [-0.3, -0.25) is 9.59 Å². The van der Waals surface area contributed by atoms with Crippen LogP contribution in [0.1, 0.15) is 129 Å². The molecule has 0 N–H and O–H groups in total. The number of hydrogen-bond acceptors (Lipinski definition) is 4. The largest absolute Gasteiger partial charge is 0.465 e. The van der Waals surface area contributed by atoms with Gasteiger partial charge in [-0.2, -0.15) is 13.2 Å². The van der Waals surface area contributed by atoms with Crippen LogP contribution < -0.4 is 4.74 Å². The van der Waals surface area contributed by atoms with Gasteiger partial charge < -0.3 is 9.47 Å². The summed E-state index contributed by atoms with van der Waals surface area (Å²) >= 11 is 0. The number of rotatable bonds is 20. The van der Waals surface area contributed by atoms with Gasteiger partial charge in [0.2, 0.25) is 0 Å². The Morgan fingerprint density at radius 2 is 1.16 bits per heavy atom. The second-order valence-electron chi connectivity index (χ2n) is 10.6. The zero-order valence-electron chi connectivity index (χ0n) is 23.4. The number of ether oxygens (including phenoxy) is 2. The van der Waals surface area contributed by atoms with Crippen molar-refractivity contribution < 1.29 is 36.6 Å². The van der Waals surface area contributed by atoms with Crippen LogP contribution in [-0.4, -0.2) is 18.5 Å². The Labute approximate surface area is 225 Å². The maximum absolute atomic E-state index is 14.1. The van der Waals surface area contributed by atoms with Crippen molar-refractivity contribution >= 4 is 11.9 Å². The molecular weight excluding hydrogens is 500 g/mol. The molecule has 0 unspecified atom stereocenters. The quantitative estimate of drug-likeness (QED) is 0.0537. The van der Waals surface area contributed by atoms with Gasteiger partial charge in [-0.1, -0.05) is 109 Å². The normalized spacial score (nSPS) is 12.0. The van der Waals surface area contributed by atoms with Crippen molar-refractivity contribution in [3.8, 4) is 5.75 Å². The molecule has 0 saturated carbocycles. The van der Waals surface area contributed by atoms with E-state index in [1.54, 1.807) is 0 Å². The summed E-state index contributed by atoms with van der Waals surface area (Å²) in [5.41, 5.74) is -3.35. The number of esters is 2. The minimum atomic E-state index is -4.94. The van der Waals surface area contributed by atoms with Crippen molar-refractivity contribution in [3.63, 3.8) is 0 Å². The predicted molar refractivity (Wildman–Crippen MR) is 141 cm³/mol. The van der Waals surface area contributed by atoms with Crippen molar-refractivity contribution in [2.75, 3.05) is 6.61 Å². The third-order valence-electron chi connectivity index (χ3n) is 6.72. The first kappa shape index (κ1) is 33.9. The van der Waals surface area contributed by atoms with Gasteiger partial charge in [0.05, 0.1) is 12.2 Å². The zero-order chi connectivity index (χ0) is 28.4. The molecule has 8 heteroatoms. The Kier molecular flexibility index (Phi) is 16.3. The van der Waals surface area contributed by atoms with E-state index < -0.39 is 40.7 Å². The number of carbonyl (C=O) groups is 2. The van der Waals surface area contributed by atoms with Gasteiger partial charge in [-0.05, 0) is 32.4 Å². The van der Waals surface area contributed by atoms with Crippen LogP contribution in [0, 0.1) is 11.2 Å². The van der Waals surface area contributed by atoms with E-state index in [1.165, 1.54) is 90.9 Å². The summed E-state index contributed by atoms with van der Waals surface area (Å²) in [4.78, 5) is 24.8. The van der Waals surface area contributed by atoms with Gasteiger partial charge in [0.1, 0.15) is 0 Å². The monoisotopic (exact) mass is 546 g/mol. The number of alkyl halides is 3. The summed E-state index contributed by atoms with van der Waals surface area (Å²) in [6.45, 7) is 4.84. The summed E-state index contributed by atoms with van der Waals surface area (Å²) in [6, 6.07) is 2.38. The first-order chi connectivity index (χ1) is 18.0. The third kappa shape index (κ3) is 13.1. The number of carbonyl (C=O) groups excluding carboxylic acids is 2. The molecule has 0 heterocycles. The minimum absolute atomic E-state index is 0.131. The van der Waals surface area contributed by atoms with Crippen molar-refractivity contribution in [2.45, 2.75) is 130 Å². The highest BCUT2D eigenvalue weighted by Crippen LogP contribution is 2.35. The van der Waals surface area contributed by atoms with E-state index in [4.69, 9.17) is 9.47 Å². The van der Waals surface area contributed by atoms with Crippen molar-refractivity contribution in [1.82, 2.24) is 0 Å². The minimum Gasteiger partial charge on any atom is -0.465 e. The maximum Gasteiger partial charge on any atom is 0.419 e. The van der Waals surface area contributed by atoms with E-state index in [0.29, 0.717) is 12.5 Å². The SMILES string of the molecule is CCCCCCCCCCCCCCCCCCOC(=O)C(C)(C)C(=O)Oc1cccc(C(F)(F)F)c1F. The van der Waals surface area contributed by atoms with E-state index >= 15 is 0 Å². The lowest BCUT2D eigenvalue weighted by atomic mass is 9.94. The van der Waals surface area contributed by atoms with Gasteiger partial charge in [-0.15, -0.1) is 0 Å². The fraction of sp³-hybridized carbons (Fsp3) is 0.733. The predicted octanol–water partition coefficient (Wildman–Crippen LogP) is 9.58. The molecular formula is C30H46F4O4. The van der Waals surface area contributed by atoms with Gasteiger partial charge >= 0.3 is 18.1 Å². The van der Waals surface area contributed by atoms with Crippen molar-refractivity contribution in [1.29, 1.82) is 0 Å². The molecule has 0 aliphatic rings. The van der Waals surface area contributed by atoms with Crippen LogP contribution in [-0.2, 0) is 20.5 Å². The molecule has 218 valence electrons. The second-order valence-corrected chi connectivity index (χ2v) is 10.6. The Morgan fingerprint density at radius 3 is 1.61 bits per heavy atom. The number of unbranched alkanes of at least 4 members (excludes halogenated alkanes) is 15. The lowest BCUT2D eigenvalue weighted by Crippen LogP contribution is -2.38. The number of benzene rings is 1. The van der Waals surface area contributed by atoms with Crippen LogP contribution in [0.25, 0.3) is 0 Å². The Bertz CT molecular complexity index is 821. The Morgan fingerprint density at radius 1 is 0.711 bits per heavy atom. The Hall–Kier alpha value is -2.12. The molecule has 0 saturated heterocycles. The highest BCUT2D eigenvalue weighted by Gasteiger charge is 2.41. The summed E-state index contributed by atoms with van der Waals surface area (Å²) in [5.74, 6) is -4.64. The standard InChI is InChI=1S/C30H46F4O4/c1-4-5-6-7-8-9-10-11-12-13-14-15-16-17-18-19-23-37-27(35)29(2,3)28(36)38-25-22-20-21-24(26(25)31)30(32,33)34/h20-22H,4-19,23H2,1-3H3. The summed E-state index contributed by atoms with van der Waals surface area (Å²) in [5, 5.41) is 0. The van der Waals surface area contributed by atoms with Crippen molar-refractivity contribution in [2.24, 2.45) is 5.41 Å². The van der Waals surface area contributed by atoms with E-state index in [-0.39, 0.29) is 6.61 Å². The van der Waals surface area contributed by atoms with Crippen LogP contribution in [0.2, 0.25) is 0 Å².